The van der Waals surface area contributed by atoms with Gasteiger partial charge in [-0.05, 0) is 38.8 Å². The van der Waals surface area contributed by atoms with Gasteiger partial charge in [0.25, 0.3) is 5.91 Å². The highest BCUT2D eigenvalue weighted by atomic mass is 16.2. The number of hydrogen-bond donors (Lipinski definition) is 0. The van der Waals surface area contributed by atoms with Crippen LogP contribution in [0.3, 0.4) is 0 Å². The third-order valence-electron chi connectivity index (χ3n) is 2.80. The lowest BCUT2D eigenvalue weighted by molar-refractivity contribution is 0.0561. The molecular formula is C12H16N2O. The van der Waals surface area contributed by atoms with Gasteiger partial charge >= 0.3 is 0 Å². The van der Waals surface area contributed by atoms with Gasteiger partial charge in [-0.2, -0.15) is 0 Å². The highest BCUT2D eigenvalue weighted by Gasteiger charge is 2.31. The summed E-state index contributed by atoms with van der Waals surface area (Å²) in [5.74, 6) is 0.108. The summed E-state index contributed by atoms with van der Waals surface area (Å²) < 4.78 is 0. The molecule has 0 aromatic carbocycles. The van der Waals surface area contributed by atoms with E-state index < -0.39 is 0 Å². The number of hydrogen-bond acceptors (Lipinski definition) is 2. The van der Waals surface area contributed by atoms with Crippen LogP contribution in [0.25, 0.3) is 0 Å². The molecule has 0 bridgehead atoms. The zero-order valence-corrected chi connectivity index (χ0v) is 9.45. The van der Waals surface area contributed by atoms with Crippen LogP contribution in [-0.4, -0.2) is 27.9 Å². The summed E-state index contributed by atoms with van der Waals surface area (Å²) in [6, 6.07) is 1.94. The first-order valence-corrected chi connectivity index (χ1v) is 5.25. The molecule has 0 fully saturated rings. The number of carbonyl (C=O) groups excluding carboxylic acids is 1. The summed E-state index contributed by atoms with van der Waals surface area (Å²) in [6.07, 6.45) is 4.36. The van der Waals surface area contributed by atoms with Gasteiger partial charge < -0.3 is 4.90 Å². The largest absolute Gasteiger partial charge is 0.333 e. The Hall–Kier alpha value is -1.38. The van der Waals surface area contributed by atoms with Crippen LogP contribution < -0.4 is 0 Å². The molecule has 0 N–H and O–H groups in total. The average molecular weight is 204 g/mol. The highest BCUT2D eigenvalue weighted by Crippen LogP contribution is 2.24. The summed E-state index contributed by atoms with van der Waals surface area (Å²) in [6.45, 7) is 6.99. The van der Waals surface area contributed by atoms with E-state index in [-0.39, 0.29) is 11.4 Å². The van der Waals surface area contributed by atoms with Gasteiger partial charge in [0.2, 0.25) is 0 Å². The Morgan fingerprint density at radius 1 is 1.40 bits per heavy atom. The van der Waals surface area contributed by atoms with E-state index in [0.717, 1.165) is 24.1 Å². The van der Waals surface area contributed by atoms with Gasteiger partial charge in [-0.1, -0.05) is 0 Å². The van der Waals surface area contributed by atoms with Gasteiger partial charge in [-0.15, -0.1) is 0 Å². The maximum Gasteiger partial charge on any atom is 0.256 e. The summed E-state index contributed by atoms with van der Waals surface area (Å²) in [5.41, 5.74) is 1.78. The number of pyridine rings is 1. The normalized spacial score (nSPS) is 16.5. The van der Waals surface area contributed by atoms with E-state index in [0.29, 0.717) is 0 Å². The topological polar surface area (TPSA) is 33.2 Å². The molecule has 0 saturated carbocycles. The summed E-state index contributed by atoms with van der Waals surface area (Å²) in [7, 11) is 0. The fraction of sp³-hybridized carbons (Fsp3) is 0.500. The first-order chi connectivity index (χ1) is 7.00. The van der Waals surface area contributed by atoms with Gasteiger partial charge in [0, 0.05) is 24.5 Å². The molecule has 2 rings (SSSR count). The number of amides is 1. The third-order valence-corrected chi connectivity index (χ3v) is 2.80. The van der Waals surface area contributed by atoms with Crippen molar-refractivity contribution in [3.8, 4) is 0 Å². The van der Waals surface area contributed by atoms with Crippen molar-refractivity contribution in [3.63, 3.8) is 0 Å². The zero-order valence-electron chi connectivity index (χ0n) is 9.45. The van der Waals surface area contributed by atoms with Crippen LogP contribution in [0.1, 0.15) is 36.7 Å². The Balaban J connectivity index is 2.38. The Morgan fingerprint density at radius 2 is 2.13 bits per heavy atom. The lowest BCUT2D eigenvalue weighted by atomic mass is 9.96. The van der Waals surface area contributed by atoms with Gasteiger partial charge in [-0.3, -0.25) is 9.78 Å². The maximum atomic E-state index is 12.1. The molecule has 1 aliphatic heterocycles. The number of nitrogens with zero attached hydrogens (tertiary/aromatic N) is 2. The second-order valence-corrected chi connectivity index (χ2v) is 4.91. The van der Waals surface area contributed by atoms with Crippen molar-refractivity contribution in [1.29, 1.82) is 0 Å². The fourth-order valence-electron chi connectivity index (χ4n) is 1.95. The Morgan fingerprint density at radius 3 is 2.80 bits per heavy atom. The van der Waals surface area contributed by atoms with Crippen molar-refractivity contribution < 1.29 is 4.79 Å². The van der Waals surface area contributed by atoms with Crippen molar-refractivity contribution in [2.24, 2.45) is 0 Å². The molecular weight excluding hydrogens is 188 g/mol. The summed E-state index contributed by atoms with van der Waals surface area (Å²) in [5, 5.41) is 0. The molecule has 0 spiro atoms. The van der Waals surface area contributed by atoms with E-state index in [2.05, 4.69) is 25.8 Å². The van der Waals surface area contributed by atoms with Crippen molar-refractivity contribution in [3.05, 3.63) is 29.6 Å². The van der Waals surface area contributed by atoms with E-state index in [1.54, 1.807) is 12.4 Å². The second-order valence-electron chi connectivity index (χ2n) is 4.91. The molecule has 1 aromatic rings. The standard InChI is InChI=1S/C12H16N2O/c1-12(2,3)14-7-5-9-4-6-13-8-10(9)11(14)15/h4,6,8H,5,7H2,1-3H3. The number of rotatable bonds is 0. The Labute approximate surface area is 90.1 Å². The van der Waals surface area contributed by atoms with Crippen LogP contribution in [0.5, 0.6) is 0 Å². The van der Waals surface area contributed by atoms with E-state index in [1.165, 1.54) is 0 Å². The first kappa shape index (κ1) is 10.1. The molecule has 0 radical (unpaired) electrons. The molecule has 80 valence electrons. The molecule has 15 heavy (non-hydrogen) atoms. The predicted molar refractivity (Wildman–Crippen MR) is 58.7 cm³/mol. The molecule has 0 saturated heterocycles. The molecule has 3 nitrogen and oxygen atoms in total. The van der Waals surface area contributed by atoms with Crippen molar-refractivity contribution in [1.82, 2.24) is 9.88 Å². The number of fused-ring (bicyclic) bond motifs is 1. The van der Waals surface area contributed by atoms with E-state index in [9.17, 15) is 4.79 Å². The lowest BCUT2D eigenvalue weighted by Crippen LogP contribution is -2.49. The number of aromatic nitrogens is 1. The molecule has 3 heteroatoms. The first-order valence-electron chi connectivity index (χ1n) is 5.25. The molecule has 0 atom stereocenters. The lowest BCUT2D eigenvalue weighted by Gasteiger charge is -2.38. The van der Waals surface area contributed by atoms with Crippen LogP contribution in [0.4, 0.5) is 0 Å². The third kappa shape index (κ3) is 1.74. The van der Waals surface area contributed by atoms with Gasteiger partial charge in [0.15, 0.2) is 0 Å². The van der Waals surface area contributed by atoms with Crippen LogP contribution in [0.15, 0.2) is 18.5 Å². The number of carbonyl (C=O) groups is 1. The van der Waals surface area contributed by atoms with Crippen molar-refractivity contribution in [2.75, 3.05) is 6.54 Å². The zero-order chi connectivity index (χ0) is 11.1. The molecule has 0 aliphatic carbocycles. The molecule has 2 heterocycles. The molecule has 1 aromatic heterocycles. The molecule has 1 amide bonds. The van der Waals surface area contributed by atoms with Gasteiger partial charge in [0.05, 0.1) is 5.56 Å². The average Bonchev–Trinajstić information content (AvgIpc) is 2.16. The Kier molecular flexibility index (Phi) is 2.25. The van der Waals surface area contributed by atoms with E-state index in [4.69, 9.17) is 0 Å². The second kappa shape index (κ2) is 3.33. The predicted octanol–water partition coefficient (Wildman–Crippen LogP) is 1.88. The van der Waals surface area contributed by atoms with Crippen LogP contribution in [0.2, 0.25) is 0 Å². The van der Waals surface area contributed by atoms with E-state index >= 15 is 0 Å². The van der Waals surface area contributed by atoms with Crippen molar-refractivity contribution >= 4 is 5.91 Å². The van der Waals surface area contributed by atoms with Gasteiger partial charge in [-0.25, -0.2) is 0 Å². The minimum absolute atomic E-state index is 0.107. The van der Waals surface area contributed by atoms with E-state index in [1.807, 2.05) is 11.0 Å². The minimum atomic E-state index is -0.107. The minimum Gasteiger partial charge on any atom is -0.333 e. The summed E-state index contributed by atoms with van der Waals surface area (Å²) in [4.78, 5) is 18.1. The Bertz CT molecular complexity index is 393. The molecule has 1 aliphatic rings. The van der Waals surface area contributed by atoms with Crippen LogP contribution in [0, 0.1) is 0 Å². The van der Waals surface area contributed by atoms with Crippen molar-refractivity contribution in [2.45, 2.75) is 32.7 Å². The highest BCUT2D eigenvalue weighted by molar-refractivity contribution is 5.96. The maximum absolute atomic E-state index is 12.1. The monoisotopic (exact) mass is 204 g/mol. The summed E-state index contributed by atoms with van der Waals surface area (Å²) >= 11 is 0. The van der Waals surface area contributed by atoms with Gasteiger partial charge in [0.1, 0.15) is 0 Å². The SMILES string of the molecule is CC(C)(C)N1CCc2ccncc2C1=O. The fourth-order valence-corrected chi connectivity index (χ4v) is 1.95. The van der Waals surface area contributed by atoms with Crippen LogP contribution >= 0.6 is 0 Å². The molecule has 0 unspecified atom stereocenters. The smallest absolute Gasteiger partial charge is 0.256 e. The van der Waals surface area contributed by atoms with Crippen LogP contribution in [-0.2, 0) is 6.42 Å². The quantitative estimate of drug-likeness (QED) is 0.646.